The van der Waals surface area contributed by atoms with E-state index in [-0.39, 0.29) is 11.7 Å². The molecule has 4 aromatic rings. The number of thioether (sulfide) groups is 1. The summed E-state index contributed by atoms with van der Waals surface area (Å²) in [7, 11) is 0. The number of aromatic nitrogens is 2. The highest BCUT2D eigenvalue weighted by Crippen LogP contribution is 2.29. The van der Waals surface area contributed by atoms with Crippen molar-refractivity contribution in [2.24, 2.45) is 0 Å². The van der Waals surface area contributed by atoms with E-state index in [1.807, 2.05) is 36.5 Å². The molecule has 0 fully saturated rings. The van der Waals surface area contributed by atoms with Crippen molar-refractivity contribution in [1.29, 1.82) is 0 Å². The van der Waals surface area contributed by atoms with Gasteiger partial charge in [0.25, 0.3) is 0 Å². The average molecular weight is 452 g/mol. The number of nitrogens with one attached hydrogen (secondary N) is 1. The molecule has 2 heterocycles. The van der Waals surface area contributed by atoms with Crippen LogP contribution in [0.1, 0.15) is 16.9 Å². The number of hydrogen-bond acceptors (Lipinski definition) is 4. The van der Waals surface area contributed by atoms with E-state index in [1.165, 1.54) is 11.8 Å². The van der Waals surface area contributed by atoms with Gasteiger partial charge >= 0.3 is 0 Å². The number of rotatable bonds is 7. The lowest BCUT2D eigenvalue weighted by atomic mass is 10.1. The molecule has 0 atom stereocenters. The monoisotopic (exact) mass is 451 g/mol. The number of carbonyl (C=O) groups excluding carboxylic acids is 1. The lowest BCUT2D eigenvalue weighted by Gasteiger charge is -2.11. The number of hydrogen-bond donors (Lipinski definition) is 1. The molecule has 7 heteroatoms. The van der Waals surface area contributed by atoms with Crippen LogP contribution < -0.4 is 5.32 Å². The number of carbonyl (C=O) groups is 1. The highest BCUT2D eigenvalue weighted by atomic mass is 35.5. The topological polar surface area (TPSA) is 60.1 Å². The van der Waals surface area contributed by atoms with Crippen LogP contribution in [-0.4, -0.2) is 21.2 Å². The average Bonchev–Trinajstić information content (AvgIpc) is 3.43. The molecule has 5 nitrogen and oxygen atoms in total. The summed E-state index contributed by atoms with van der Waals surface area (Å²) >= 11 is 7.44. The zero-order chi connectivity index (χ0) is 21.8. The number of furan rings is 1. The zero-order valence-electron chi connectivity index (χ0n) is 17.3. The summed E-state index contributed by atoms with van der Waals surface area (Å²) in [5, 5.41) is 4.31. The predicted molar refractivity (Wildman–Crippen MR) is 125 cm³/mol. The molecular formula is C24H22ClN3O2S. The van der Waals surface area contributed by atoms with Crippen LogP contribution >= 0.6 is 23.4 Å². The Kier molecular flexibility index (Phi) is 6.49. The first-order chi connectivity index (χ1) is 15.0. The summed E-state index contributed by atoms with van der Waals surface area (Å²) in [5.41, 5.74) is 5.14. The Hall–Kier alpha value is -2.96. The molecule has 158 valence electrons. The van der Waals surface area contributed by atoms with Crippen molar-refractivity contribution in [3.63, 3.8) is 0 Å². The van der Waals surface area contributed by atoms with Crippen molar-refractivity contribution in [2.45, 2.75) is 25.5 Å². The normalized spacial score (nSPS) is 10.9. The van der Waals surface area contributed by atoms with Crippen molar-refractivity contribution < 1.29 is 9.21 Å². The fraction of sp³-hybridized carbons (Fsp3) is 0.167. The Morgan fingerprint density at radius 1 is 1.16 bits per heavy atom. The van der Waals surface area contributed by atoms with Crippen molar-refractivity contribution >= 4 is 29.3 Å². The largest absolute Gasteiger partial charge is 0.467 e. The molecule has 1 amide bonds. The van der Waals surface area contributed by atoms with Crippen LogP contribution in [0, 0.1) is 13.8 Å². The quantitative estimate of drug-likeness (QED) is 0.360. The predicted octanol–water partition coefficient (Wildman–Crippen LogP) is 5.81. The van der Waals surface area contributed by atoms with Crippen molar-refractivity contribution in [2.75, 3.05) is 5.75 Å². The van der Waals surface area contributed by atoms with Crippen LogP contribution in [0.5, 0.6) is 0 Å². The number of amides is 1. The lowest BCUT2D eigenvalue weighted by molar-refractivity contribution is -0.118. The number of nitrogens with zero attached hydrogens (tertiary/aromatic N) is 2. The minimum Gasteiger partial charge on any atom is -0.467 e. The highest BCUT2D eigenvalue weighted by Gasteiger charge is 2.15. The van der Waals surface area contributed by atoms with Gasteiger partial charge in [-0.15, -0.1) is 0 Å². The summed E-state index contributed by atoms with van der Waals surface area (Å²) in [4.78, 5) is 17.2. The SMILES string of the molecule is Cc1ccc(C)c(-n2cc(-c3ccc(Cl)cc3)nc2SCC(=O)NCc2ccco2)c1. The van der Waals surface area contributed by atoms with Crippen molar-refractivity contribution in [1.82, 2.24) is 14.9 Å². The molecule has 0 bridgehead atoms. The third-order valence-electron chi connectivity index (χ3n) is 4.81. The maximum atomic E-state index is 12.4. The Balaban J connectivity index is 1.59. The molecule has 2 aromatic heterocycles. The summed E-state index contributed by atoms with van der Waals surface area (Å²) < 4.78 is 7.31. The van der Waals surface area contributed by atoms with Crippen LogP contribution in [0.15, 0.2) is 76.6 Å². The fourth-order valence-electron chi connectivity index (χ4n) is 3.16. The number of benzene rings is 2. The zero-order valence-corrected chi connectivity index (χ0v) is 18.8. The summed E-state index contributed by atoms with van der Waals surface area (Å²) in [6, 6.07) is 17.5. The molecule has 0 aliphatic rings. The van der Waals surface area contributed by atoms with Gasteiger partial charge in [-0.05, 0) is 55.3 Å². The summed E-state index contributed by atoms with van der Waals surface area (Å²) in [6.07, 6.45) is 3.60. The van der Waals surface area contributed by atoms with Gasteiger partial charge in [0.15, 0.2) is 5.16 Å². The molecule has 0 radical (unpaired) electrons. The van der Waals surface area contributed by atoms with Crippen molar-refractivity contribution in [3.8, 4) is 16.9 Å². The second-order valence-corrected chi connectivity index (χ2v) is 8.60. The van der Waals surface area contributed by atoms with Crippen molar-refractivity contribution in [3.05, 3.63) is 89.0 Å². The molecule has 0 saturated heterocycles. The molecule has 0 aliphatic heterocycles. The van der Waals surface area contributed by atoms with Gasteiger partial charge in [0.1, 0.15) is 5.76 Å². The molecule has 0 spiro atoms. The van der Waals surface area contributed by atoms with E-state index in [0.717, 1.165) is 39.0 Å². The van der Waals surface area contributed by atoms with E-state index in [0.29, 0.717) is 11.6 Å². The second-order valence-electron chi connectivity index (χ2n) is 7.22. The standard InChI is InChI=1S/C24H22ClN3O2S/c1-16-5-6-17(2)22(12-16)28-14-21(18-7-9-19(25)10-8-18)27-24(28)31-15-23(29)26-13-20-4-3-11-30-20/h3-12,14H,13,15H2,1-2H3,(H,26,29). The maximum Gasteiger partial charge on any atom is 0.230 e. The number of halogens is 1. The molecule has 2 aromatic carbocycles. The Bertz CT molecular complexity index is 1180. The summed E-state index contributed by atoms with van der Waals surface area (Å²) in [6.45, 7) is 4.50. The van der Waals surface area contributed by atoms with Crippen LogP contribution in [0.25, 0.3) is 16.9 Å². The molecule has 0 unspecified atom stereocenters. The molecule has 4 rings (SSSR count). The van der Waals surface area contributed by atoms with Crippen LogP contribution in [0.3, 0.4) is 0 Å². The van der Waals surface area contributed by atoms with Gasteiger partial charge < -0.3 is 9.73 Å². The van der Waals surface area contributed by atoms with Gasteiger partial charge in [0.2, 0.25) is 5.91 Å². The number of aryl methyl sites for hydroxylation is 2. The van der Waals surface area contributed by atoms with Gasteiger partial charge in [-0.25, -0.2) is 4.98 Å². The van der Waals surface area contributed by atoms with Crippen LogP contribution in [-0.2, 0) is 11.3 Å². The van der Waals surface area contributed by atoms with Gasteiger partial charge in [-0.3, -0.25) is 9.36 Å². The Labute approximate surface area is 190 Å². The van der Waals surface area contributed by atoms with E-state index in [1.54, 1.807) is 12.3 Å². The first-order valence-corrected chi connectivity index (χ1v) is 11.2. The third kappa shape index (κ3) is 5.21. The van der Waals surface area contributed by atoms with Gasteiger partial charge in [0.05, 0.1) is 29.9 Å². The molecule has 31 heavy (non-hydrogen) atoms. The maximum absolute atomic E-state index is 12.4. The van der Waals surface area contributed by atoms with Gasteiger partial charge in [-0.2, -0.15) is 0 Å². The fourth-order valence-corrected chi connectivity index (χ4v) is 4.10. The Morgan fingerprint density at radius 3 is 2.71 bits per heavy atom. The first-order valence-electron chi connectivity index (χ1n) is 9.84. The van der Waals surface area contributed by atoms with Gasteiger partial charge in [0, 0.05) is 16.8 Å². The van der Waals surface area contributed by atoms with Gasteiger partial charge in [-0.1, -0.05) is 47.6 Å². The minimum atomic E-state index is -0.0787. The van der Waals surface area contributed by atoms with E-state index >= 15 is 0 Å². The molecule has 0 aliphatic carbocycles. The second kappa shape index (κ2) is 9.45. The van der Waals surface area contributed by atoms with E-state index < -0.39 is 0 Å². The van der Waals surface area contributed by atoms with E-state index in [4.69, 9.17) is 21.0 Å². The third-order valence-corrected chi connectivity index (χ3v) is 6.01. The first kappa shape index (κ1) is 21.3. The smallest absolute Gasteiger partial charge is 0.230 e. The summed E-state index contributed by atoms with van der Waals surface area (Å²) in [5.74, 6) is 0.896. The van der Waals surface area contributed by atoms with Crippen LogP contribution in [0.2, 0.25) is 5.02 Å². The minimum absolute atomic E-state index is 0.0787. The molecular weight excluding hydrogens is 430 g/mol. The highest BCUT2D eigenvalue weighted by molar-refractivity contribution is 7.99. The number of imidazole rings is 1. The molecule has 0 saturated carbocycles. The van der Waals surface area contributed by atoms with Crippen LogP contribution in [0.4, 0.5) is 0 Å². The molecule has 1 N–H and O–H groups in total. The lowest BCUT2D eigenvalue weighted by Crippen LogP contribution is -2.24. The Morgan fingerprint density at radius 2 is 1.97 bits per heavy atom. The van der Waals surface area contributed by atoms with E-state index in [9.17, 15) is 4.79 Å². The van der Waals surface area contributed by atoms with E-state index in [2.05, 4.69) is 41.9 Å².